The van der Waals surface area contributed by atoms with Crippen LogP contribution in [0.5, 0.6) is 17.2 Å². The molecule has 4 bridgehead atoms. The number of phenols is 1. The van der Waals surface area contributed by atoms with Crippen LogP contribution in [0.15, 0.2) is 24.5 Å². The van der Waals surface area contributed by atoms with Crippen molar-refractivity contribution in [1.82, 2.24) is 4.98 Å². The molecule has 0 spiro atoms. The molecule has 0 amide bonds. The number of aliphatic hydroxyl groups is 5. The monoisotopic (exact) mass is 581 g/mol. The molecule has 0 aliphatic carbocycles. The second kappa shape index (κ2) is 11.9. The van der Waals surface area contributed by atoms with E-state index < -0.39 is 60.9 Å². The fourth-order valence-electron chi connectivity index (χ4n) is 5.98. The number of phenolic OH excluding ortho intramolecular Hbond substituents is 1. The fraction of sp³-hybridized carbons (Fsp3) is 0.452. The van der Waals surface area contributed by atoms with Crippen molar-refractivity contribution in [3.63, 3.8) is 0 Å². The zero-order valence-corrected chi connectivity index (χ0v) is 23.5. The number of carbonyl (C=O) groups is 1. The number of aliphatic hydroxyl groups excluding tert-OH is 5. The van der Waals surface area contributed by atoms with Crippen LogP contribution in [0.2, 0.25) is 0 Å². The third-order valence-electron chi connectivity index (χ3n) is 8.23. The highest BCUT2D eigenvalue weighted by Gasteiger charge is 2.49. The molecule has 3 aromatic rings. The van der Waals surface area contributed by atoms with Crippen LogP contribution in [0, 0.1) is 18.8 Å². The van der Waals surface area contributed by atoms with Gasteiger partial charge in [0, 0.05) is 36.4 Å². The number of hydrogen-bond donors (Lipinski definition) is 7. The molecule has 2 aromatic carbocycles. The number of ketones is 1. The predicted octanol–water partition coefficient (Wildman–Crippen LogP) is 1.56. The third kappa shape index (κ3) is 5.00. The summed E-state index contributed by atoms with van der Waals surface area (Å²) in [6, 6.07) is 2.98. The Bertz CT molecular complexity index is 1550. The molecule has 1 fully saturated rings. The Balaban J connectivity index is 1.72. The molecule has 11 heteroatoms. The van der Waals surface area contributed by atoms with Crippen LogP contribution in [0.4, 0.5) is 0 Å². The number of aromatic amines is 1. The number of aromatic nitrogens is 1. The maximum Gasteiger partial charge on any atom is 0.229 e. The molecule has 11 nitrogen and oxygen atoms in total. The van der Waals surface area contributed by atoms with Gasteiger partial charge in [-0.05, 0) is 41.5 Å². The SMILES string of the molecule is CCc1c[nH]cc1[C@H]1CC#CCC(=O)c2c(C)cc3c(CO)c(OC)cc(c3c2O)O[C@H]2O[C@@H]([C@@H](O)[C@H](O)[C@H]2O)[C@@H]1O. The lowest BCUT2D eigenvalue weighted by Crippen LogP contribution is -2.62. The highest BCUT2D eigenvalue weighted by Crippen LogP contribution is 2.45. The van der Waals surface area contributed by atoms with E-state index in [0.717, 1.165) is 11.1 Å². The van der Waals surface area contributed by atoms with Crippen LogP contribution >= 0.6 is 0 Å². The summed E-state index contributed by atoms with van der Waals surface area (Å²) >= 11 is 0. The molecule has 2 aliphatic heterocycles. The topological polar surface area (TPSA) is 182 Å². The molecule has 3 heterocycles. The zero-order chi connectivity index (χ0) is 30.3. The molecular weight excluding hydrogens is 546 g/mol. The number of aromatic hydroxyl groups is 1. The minimum absolute atomic E-state index is 0.0134. The highest BCUT2D eigenvalue weighted by atomic mass is 16.7. The summed E-state index contributed by atoms with van der Waals surface area (Å²) in [7, 11) is 1.38. The molecule has 42 heavy (non-hydrogen) atoms. The summed E-state index contributed by atoms with van der Waals surface area (Å²) in [4.78, 5) is 16.4. The second-order valence-electron chi connectivity index (χ2n) is 10.7. The van der Waals surface area contributed by atoms with Gasteiger partial charge in [0.15, 0.2) is 5.78 Å². The summed E-state index contributed by atoms with van der Waals surface area (Å²) in [6.45, 7) is 3.14. The average molecular weight is 582 g/mol. The highest BCUT2D eigenvalue weighted by molar-refractivity contribution is 6.09. The van der Waals surface area contributed by atoms with Gasteiger partial charge in [-0.25, -0.2) is 0 Å². The molecule has 5 rings (SSSR count). The Hall–Kier alpha value is -3.63. The van der Waals surface area contributed by atoms with Gasteiger partial charge in [0.1, 0.15) is 41.7 Å². The van der Waals surface area contributed by atoms with Crippen molar-refractivity contribution in [3.8, 4) is 29.1 Å². The predicted molar refractivity (Wildman–Crippen MR) is 150 cm³/mol. The first-order valence-corrected chi connectivity index (χ1v) is 13.8. The van der Waals surface area contributed by atoms with E-state index in [-0.39, 0.29) is 35.3 Å². The molecule has 7 atom stereocenters. The zero-order valence-electron chi connectivity index (χ0n) is 23.5. The summed E-state index contributed by atoms with van der Waals surface area (Å²) < 4.78 is 17.5. The van der Waals surface area contributed by atoms with Crippen molar-refractivity contribution in [3.05, 3.63) is 52.3 Å². The van der Waals surface area contributed by atoms with Gasteiger partial charge in [0.05, 0.1) is 37.2 Å². The standard InChI is InChI=1S/C31H35NO10/c1-4-15-11-32-12-18(15)16-7-5-6-8-20(34)23-14(2)9-17-19(13-33)21(40-3)10-22(24(17)26(23)36)41-31-29(39)27(37)28(38)30(42-31)25(16)35/h9-12,16,25,27-33,35-39H,4,7-8,13H2,1-3H3/t16-,25-,27+,28+,29-,30-,31+/m1/s1. The van der Waals surface area contributed by atoms with Crippen LogP contribution in [0.3, 0.4) is 0 Å². The molecule has 2 aliphatic rings. The number of carbonyl (C=O) groups excluding carboxylic acids is 1. The lowest BCUT2D eigenvalue weighted by Gasteiger charge is -2.43. The van der Waals surface area contributed by atoms with Crippen LogP contribution in [-0.2, 0) is 17.8 Å². The van der Waals surface area contributed by atoms with Crippen molar-refractivity contribution in [1.29, 1.82) is 0 Å². The Morgan fingerprint density at radius 2 is 1.83 bits per heavy atom. The summed E-state index contributed by atoms with van der Waals surface area (Å²) in [5, 5.41) is 66.2. The Kier molecular flexibility index (Phi) is 8.48. The largest absolute Gasteiger partial charge is 0.506 e. The molecule has 7 N–H and O–H groups in total. The number of H-pyrrole nitrogens is 1. The van der Waals surface area contributed by atoms with E-state index in [0.29, 0.717) is 22.9 Å². The van der Waals surface area contributed by atoms with Crippen molar-refractivity contribution >= 4 is 16.6 Å². The summed E-state index contributed by atoms with van der Waals surface area (Å²) in [5.74, 6) is 4.36. The van der Waals surface area contributed by atoms with Crippen molar-refractivity contribution in [2.24, 2.45) is 0 Å². The maximum absolute atomic E-state index is 13.4. The first-order valence-electron chi connectivity index (χ1n) is 13.8. The minimum atomic E-state index is -1.76. The van der Waals surface area contributed by atoms with Crippen molar-refractivity contribution in [2.45, 2.75) is 82.4 Å². The molecule has 224 valence electrons. The number of ether oxygens (including phenoxy) is 3. The number of methoxy groups -OCH3 is 1. The molecule has 1 aromatic heterocycles. The summed E-state index contributed by atoms with van der Waals surface area (Å²) in [6.07, 6.45) is -5.63. The van der Waals surface area contributed by atoms with Gasteiger partial charge < -0.3 is 49.8 Å². The van der Waals surface area contributed by atoms with Crippen molar-refractivity contribution < 1.29 is 49.6 Å². The Morgan fingerprint density at radius 3 is 2.52 bits per heavy atom. The number of fused-ring (bicyclic) bond motifs is 3. The van der Waals surface area contributed by atoms with Gasteiger partial charge in [-0.2, -0.15) is 0 Å². The van der Waals surface area contributed by atoms with Crippen molar-refractivity contribution in [2.75, 3.05) is 7.11 Å². The van der Waals surface area contributed by atoms with E-state index >= 15 is 0 Å². The smallest absolute Gasteiger partial charge is 0.229 e. The fourth-order valence-corrected chi connectivity index (χ4v) is 5.98. The van der Waals surface area contributed by atoms with E-state index in [1.807, 2.05) is 6.92 Å². The van der Waals surface area contributed by atoms with Gasteiger partial charge in [-0.1, -0.05) is 12.8 Å². The molecule has 0 unspecified atom stereocenters. The lowest BCUT2D eigenvalue weighted by molar-refractivity contribution is -0.289. The van der Waals surface area contributed by atoms with Crippen LogP contribution < -0.4 is 9.47 Å². The minimum Gasteiger partial charge on any atom is -0.506 e. The van der Waals surface area contributed by atoms with Gasteiger partial charge in [0.2, 0.25) is 6.29 Å². The quantitative estimate of drug-likeness (QED) is 0.223. The third-order valence-corrected chi connectivity index (χ3v) is 8.23. The Morgan fingerprint density at radius 1 is 1.07 bits per heavy atom. The number of rotatable bonds is 4. The van der Waals surface area contributed by atoms with E-state index in [1.54, 1.807) is 25.4 Å². The van der Waals surface area contributed by atoms with E-state index in [1.165, 1.54) is 13.2 Å². The first-order chi connectivity index (χ1) is 20.1. The number of aryl methyl sites for hydroxylation is 2. The van der Waals surface area contributed by atoms with Crippen LogP contribution in [0.25, 0.3) is 10.8 Å². The summed E-state index contributed by atoms with van der Waals surface area (Å²) in [5.41, 5.74) is 2.41. The van der Waals surface area contributed by atoms with Gasteiger partial charge in [0.25, 0.3) is 0 Å². The van der Waals surface area contributed by atoms with Crippen LogP contribution in [0.1, 0.15) is 58.3 Å². The van der Waals surface area contributed by atoms with Gasteiger partial charge >= 0.3 is 0 Å². The molecule has 1 saturated heterocycles. The lowest BCUT2D eigenvalue weighted by atomic mass is 9.82. The van der Waals surface area contributed by atoms with E-state index in [4.69, 9.17) is 14.2 Å². The van der Waals surface area contributed by atoms with E-state index in [2.05, 4.69) is 16.8 Å². The molecular formula is C31H35NO10. The number of hydrogen-bond acceptors (Lipinski definition) is 10. The molecule has 0 radical (unpaired) electrons. The average Bonchev–Trinajstić information content (AvgIpc) is 3.44. The van der Waals surface area contributed by atoms with E-state index in [9.17, 15) is 35.4 Å². The maximum atomic E-state index is 13.4. The first kappa shape index (κ1) is 29.8. The second-order valence-corrected chi connectivity index (χ2v) is 10.7. The number of Topliss-reactive ketones (excluding diaryl/α,β-unsaturated/α-hetero) is 1. The number of nitrogens with one attached hydrogen (secondary N) is 1. The van der Waals surface area contributed by atoms with Gasteiger partial charge in [-0.3, -0.25) is 4.79 Å². The van der Waals surface area contributed by atoms with Crippen LogP contribution in [-0.4, -0.2) is 85.3 Å². The number of benzene rings is 2. The van der Waals surface area contributed by atoms with Gasteiger partial charge in [-0.15, -0.1) is 5.92 Å². The normalized spacial score (nSPS) is 28.0. The molecule has 0 saturated carbocycles. The Labute approximate surface area is 242 Å².